The highest BCUT2D eigenvalue weighted by Gasteiger charge is 2.20. The van der Waals surface area contributed by atoms with Crippen molar-refractivity contribution in [3.8, 4) is 5.75 Å². The van der Waals surface area contributed by atoms with E-state index in [0.717, 1.165) is 42.0 Å². The molecule has 0 spiro atoms. The number of aromatic nitrogens is 3. The second-order valence-corrected chi connectivity index (χ2v) is 7.58. The van der Waals surface area contributed by atoms with Gasteiger partial charge in [0, 0.05) is 26.2 Å². The van der Waals surface area contributed by atoms with E-state index in [1.807, 2.05) is 18.2 Å². The first-order valence-electron chi connectivity index (χ1n) is 9.77. The number of methoxy groups -OCH3 is 1. The summed E-state index contributed by atoms with van der Waals surface area (Å²) in [7, 11) is 1.63. The van der Waals surface area contributed by atoms with Crippen molar-refractivity contribution in [2.45, 2.75) is 0 Å². The van der Waals surface area contributed by atoms with E-state index in [1.54, 1.807) is 13.3 Å². The Hall–Kier alpha value is -2.50. The van der Waals surface area contributed by atoms with Gasteiger partial charge in [0.25, 0.3) is 0 Å². The van der Waals surface area contributed by atoms with Crippen molar-refractivity contribution in [2.75, 3.05) is 74.9 Å². The van der Waals surface area contributed by atoms with Gasteiger partial charge in [0.15, 0.2) is 0 Å². The summed E-state index contributed by atoms with van der Waals surface area (Å²) in [6, 6.07) is 5.72. The van der Waals surface area contributed by atoms with Gasteiger partial charge in [-0.2, -0.15) is 20.1 Å². The lowest BCUT2D eigenvalue weighted by Gasteiger charge is -2.30. The number of nitrogens with zero attached hydrogens (tertiary/aromatic N) is 6. The fourth-order valence-corrected chi connectivity index (χ4v) is 3.70. The number of nitrogens with one attached hydrogen (secondary N) is 1. The van der Waals surface area contributed by atoms with E-state index >= 15 is 0 Å². The number of morpholine rings is 2. The molecule has 1 aromatic carbocycles. The van der Waals surface area contributed by atoms with Crippen LogP contribution in [0, 0.1) is 0 Å². The first kappa shape index (κ1) is 20.8. The quantitative estimate of drug-likeness (QED) is 0.492. The monoisotopic (exact) mass is 477 g/mol. The molecule has 0 amide bonds. The van der Waals surface area contributed by atoms with Gasteiger partial charge in [-0.05, 0) is 39.7 Å². The van der Waals surface area contributed by atoms with Crippen LogP contribution in [0.25, 0.3) is 0 Å². The van der Waals surface area contributed by atoms with Crippen molar-refractivity contribution in [3.63, 3.8) is 0 Å². The summed E-state index contributed by atoms with van der Waals surface area (Å²) in [6.45, 7) is 5.61. The summed E-state index contributed by atoms with van der Waals surface area (Å²) < 4.78 is 17.0. The highest BCUT2D eigenvalue weighted by molar-refractivity contribution is 9.10. The highest BCUT2D eigenvalue weighted by Crippen LogP contribution is 2.25. The lowest BCUT2D eigenvalue weighted by molar-refractivity contribution is 0.121. The molecule has 2 aliphatic rings. The van der Waals surface area contributed by atoms with Gasteiger partial charge in [-0.3, -0.25) is 0 Å². The lowest BCUT2D eigenvalue weighted by Crippen LogP contribution is -2.40. The van der Waals surface area contributed by atoms with Crippen molar-refractivity contribution in [3.05, 3.63) is 28.2 Å². The minimum absolute atomic E-state index is 0.400. The number of hydrazone groups is 1. The Labute approximate surface area is 183 Å². The second-order valence-electron chi connectivity index (χ2n) is 6.72. The van der Waals surface area contributed by atoms with Gasteiger partial charge in [0.2, 0.25) is 17.8 Å². The Morgan fingerprint density at radius 1 is 1.00 bits per heavy atom. The molecule has 0 aliphatic carbocycles. The van der Waals surface area contributed by atoms with E-state index in [4.69, 9.17) is 14.2 Å². The maximum Gasteiger partial charge on any atom is 0.250 e. The first-order chi connectivity index (χ1) is 14.7. The topological polar surface area (TPSA) is 97.2 Å². The van der Waals surface area contributed by atoms with Gasteiger partial charge >= 0.3 is 0 Å². The number of ether oxygens (including phenoxy) is 3. The van der Waals surface area contributed by atoms with E-state index in [0.29, 0.717) is 44.3 Å². The van der Waals surface area contributed by atoms with Crippen molar-refractivity contribution >= 4 is 40.0 Å². The van der Waals surface area contributed by atoms with Crippen LogP contribution >= 0.6 is 15.9 Å². The maximum atomic E-state index is 5.45. The molecule has 0 saturated carbocycles. The minimum Gasteiger partial charge on any atom is -0.496 e. The van der Waals surface area contributed by atoms with Crippen molar-refractivity contribution in [1.29, 1.82) is 0 Å². The summed E-state index contributed by atoms with van der Waals surface area (Å²) in [5.41, 5.74) is 3.85. The third-order valence-corrected chi connectivity index (χ3v) is 5.37. The molecule has 0 radical (unpaired) electrons. The summed E-state index contributed by atoms with van der Waals surface area (Å²) in [4.78, 5) is 18.0. The summed E-state index contributed by atoms with van der Waals surface area (Å²) >= 11 is 3.48. The van der Waals surface area contributed by atoms with Crippen molar-refractivity contribution < 1.29 is 14.2 Å². The third-order valence-electron chi connectivity index (χ3n) is 4.75. The molecule has 10 nitrogen and oxygen atoms in total. The smallest absolute Gasteiger partial charge is 0.250 e. The average Bonchev–Trinajstić information content (AvgIpc) is 2.80. The van der Waals surface area contributed by atoms with E-state index < -0.39 is 0 Å². The molecule has 1 N–H and O–H groups in total. The Kier molecular flexibility index (Phi) is 6.92. The highest BCUT2D eigenvalue weighted by atomic mass is 79.9. The summed E-state index contributed by atoms with van der Waals surface area (Å²) in [5.74, 6) is 2.42. The molecule has 2 saturated heterocycles. The zero-order chi connectivity index (χ0) is 20.8. The van der Waals surface area contributed by atoms with Crippen LogP contribution in [-0.4, -0.2) is 80.9 Å². The number of hydrogen-bond acceptors (Lipinski definition) is 10. The molecule has 0 bridgehead atoms. The molecule has 2 aromatic rings. The Bertz CT molecular complexity index is 850. The second kappa shape index (κ2) is 10.0. The van der Waals surface area contributed by atoms with Gasteiger partial charge in [0.05, 0.1) is 44.2 Å². The zero-order valence-electron chi connectivity index (χ0n) is 16.8. The number of anilines is 3. The SMILES string of the molecule is COc1ccc(/C=N\Nc2nc(N3CCOCC3)nc(N3CCOCC3)n2)cc1Br. The molecule has 2 aliphatic heterocycles. The summed E-state index contributed by atoms with van der Waals surface area (Å²) in [5, 5.41) is 4.31. The number of rotatable bonds is 6. The molecule has 160 valence electrons. The first-order valence-corrected chi connectivity index (χ1v) is 10.6. The fraction of sp³-hybridized carbons (Fsp3) is 0.474. The Morgan fingerprint density at radius 2 is 1.60 bits per heavy atom. The number of halogens is 1. The molecule has 4 rings (SSSR count). The predicted molar refractivity (Wildman–Crippen MR) is 118 cm³/mol. The average molecular weight is 478 g/mol. The van der Waals surface area contributed by atoms with E-state index in [1.165, 1.54) is 0 Å². The third kappa shape index (κ3) is 5.15. The van der Waals surface area contributed by atoms with Gasteiger partial charge in [-0.15, -0.1) is 0 Å². The van der Waals surface area contributed by atoms with Crippen LogP contribution in [0.3, 0.4) is 0 Å². The molecule has 30 heavy (non-hydrogen) atoms. The Morgan fingerprint density at radius 3 is 2.13 bits per heavy atom. The van der Waals surface area contributed by atoms with E-state index in [9.17, 15) is 0 Å². The summed E-state index contributed by atoms with van der Waals surface area (Å²) in [6.07, 6.45) is 1.71. The Balaban J connectivity index is 1.53. The van der Waals surface area contributed by atoms with Gasteiger partial charge in [-0.25, -0.2) is 5.43 Å². The fourth-order valence-electron chi connectivity index (χ4n) is 3.14. The van der Waals surface area contributed by atoms with Gasteiger partial charge in [-0.1, -0.05) is 0 Å². The standard InChI is InChI=1S/C19H24BrN7O3/c1-28-16-3-2-14(12-15(16)20)13-21-25-17-22-18(26-4-8-29-9-5-26)24-19(23-17)27-6-10-30-11-7-27/h2-3,12-13H,4-11H2,1H3,(H,22,23,24,25)/b21-13-. The molecule has 0 atom stereocenters. The van der Waals surface area contributed by atoms with Crippen molar-refractivity contribution in [2.24, 2.45) is 5.10 Å². The van der Waals surface area contributed by atoms with E-state index in [-0.39, 0.29) is 0 Å². The molecule has 0 unspecified atom stereocenters. The van der Waals surface area contributed by atoms with Crippen molar-refractivity contribution in [1.82, 2.24) is 15.0 Å². The molecule has 1 aromatic heterocycles. The van der Waals surface area contributed by atoms with Crippen LogP contribution in [-0.2, 0) is 9.47 Å². The van der Waals surface area contributed by atoms with Crippen LogP contribution in [0.2, 0.25) is 0 Å². The van der Waals surface area contributed by atoms with E-state index in [2.05, 4.69) is 51.2 Å². The van der Waals surface area contributed by atoms with Gasteiger partial charge < -0.3 is 24.0 Å². The molecule has 2 fully saturated rings. The normalized spacial score (nSPS) is 17.4. The minimum atomic E-state index is 0.400. The zero-order valence-corrected chi connectivity index (χ0v) is 18.3. The predicted octanol–water partition coefficient (Wildman–Crippen LogP) is 1.76. The molecular weight excluding hydrogens is 454 g/mol. The van der Waals surface area contributed by atoms with Crippen LogP contribution in [0.5, 0.6) is 5.75 Å². The number of benzene rings is 1. The van der Waals surface area contributed by atoms with Crippen LogP contribution in [0.15, 0.2) is 27.8 Å². The molecular formula is C19H24BrN7O3. The van der Waals surface area contributed by atoms with Crippen LogP contribution in [0.4, 0.5) is 17.8 Å². The maximum absolute atomic E-state index is 5.45. The van der Waals surface area contributed by atoms with Gasteiger partial charge in [0.1, 0.15) is 5.75 Å². The number of hydrogen-bond donors (Lipinski definition) is 1. The lowest BCUT2D eigenvalue weighted by atomic mass is 10.2. The molecule has 11 heteroatoms. The van der Waals surface area contributed by atoms with Crippen LogP contribution in [0.1, 0.15) is 5.56 Å². The molecule has 3 heterocycles. The van der Waals surface area contributed by atoms with Crippen LogP contribution < -0.4 is 20.0 Å². The largest absolute Gasteiger partial charge is 0.496 e.